The zero-order chi connectivity index (χ0) is 16.1. The van der Waals surface area contributed by atoms with Crippen LogP contribution in [0.15, 0.2) is 10.2 Å². The van der Waals surface area contributed by atoms with Crippen LogP contribution < -0.4 is 0 Å². The quantitative estimate of drug-likeness (QED) is 0.569. The Morgan fingerprint density at radius 1 is 0.800 bits per heavy atom. The molecule has 0 aliphatic heterocycles. The molecule has 0 atom stereocenters. The van der Waals surface area contributed by atoms with Gasteiger partial charge in [-0.15, -0.1) is 0 Å². The van der Waals surface area contributed by atoms with E-state index in [1.54, 1.807) is 0 Å². The van der Waals surface area contributed by atoms with E-state index in [1.165, 1.54) is 0 Å². The lowest BCUT2D eigenvalue weighted by molar-refractivity contribution is 0.197. The molecule has 0 heterocycles. The number of nitrogens with zero attached hydrogens (tertiary/aromatic N) is 2. The summed E-state index contributed by atoms with van der Waals surface area (Å²) in [6.45, 7) is 15.9. The molecule has 0 radical (unpaired) electrons. The van der Waals surface area contributed by atoms with Crippen molar-refractivity contribution < 1.29 is 18.4 Å². The molecular formula is C12H26N2O4Si2. The highest BCUT2D eigenvalue weighted by molar-refractivity contribution is 6.60. The molecule has 0 fully saturated rings. The van der Waals surface area contributed by atoms with Gasteiger partial charge in [0.15, 0.2) is 0 Å². The number of hydrogen-bond acceptors (Lipinski definition) is 4. The van der Waals surface area contributed by atoms with E-state index in [9.17, 15) is 9.59 Å². The van der Waals surface area contributed by atoms with Crippen LogP contribution in [-0.4, -0.2) is 30.3 Å². The van der Waals surface area contributed by atoms with Crippen molar-refractivity contribution in [2.45, 2.75) is 64.7 Å². The van der Waals surface area contributed by atoms with Gasteiger partial charge < -0.3 is 8.85 Å². The van der Waals surface area contributed by atoms with Crippen molar-refractivity contribution in [1.82, 2.24) is 0 Å². The average molecular weight is 319 g/mol. The number of carbonyl (C=O) groups is 2. The van der Waals surface area contributed by atoms with Crippen LogP contribution in [0.2, 0.25) is 23.2 Å². The van der Waals surface area contributed by atoms with Gasteiger partial charge in [-0.05, 0) is 23.2 Å². The van der Waals surface area contributed by atoms with Crippen LogP contribution in [0.3, 0.4) is 0 Å². The first-order valence-electron chi connectivity index (χ1n) is 6.67. The van der Waals surface area contributed by atoms with E-state index in [2.05, 4.69) is 10.2 Å². The highest BCUT2D eigenvalue weighted by Crippen LogP contribution is 2.42. The van der Waals surface area contributed by atoms with Crippen LogP contribution in [0.1, 0.15) is 41.5 Å². The summed E-state index contributed by atoms with van der Waals surface area (Å²) in [7, 11) is -3.43. The average Bonchev–Trinajstić information content (AvgIpc) is 2.18. The molecule has 2 amide bonds. The molecule has 0 aliphatic rings. The lowest BCUT2D eigenvalue weighted by Crippen LogP contribution is -2.39. The second-order valence-corrected chi connectivity index (χ2v) is 13.9. The molecule has 20 heavy (non-hydrogen) atoms. The van der Waals surface area contributed by atoms with E-state index in [-0.39, 0.29) is 10.1 Å². The molecule has 0 unspecified atom stereocenters. The lowest BCUT2D eigenvalue weighted by Gasteiger charge is -2.36. The van der Waals surface area contributed by atoms with Crippen molar-refractivity contribution >= 4 is 30.3 Å². The topological polar surface area (TPSA) is 77.3 Å². The van der Waals surface area contributed by atoms with E-state index >= 15 is 0 Å². The predicted octanol–water partition coefficient (Wildman–Crippen LogP) is 4.02. The molecule has 8 heteroatoms. The Hall–Kier alpha value is -1.03. The fourth-order valence-electron chi connectivity index (χ4n) is 2.08. The number of rotatable bonds is 2. The first-order chi connectivity index (χ1) is 8.84. The van der Waals surface area contributed by atoms with Gasteiger partial charge in [0.05, 0.1) is 0 Å². The molecule has 0 rings (SSSR count). The monoisotopic (exact) mass is 318 g/mol. The minimum absolute atomic E-state index is 0.102. The minimum Gasteiger partial charge on any atom is -0.504 e. The summed E-state index contributed by atoms with van der Waals surface area (Å²) < 4.78 is 10.4. The predicted molar refractivity (Wildman–Crippen MR) is 83.3 cm³/mol. The van der Waals surface area contributed by atoms with Gasteiger partial charge in [-0.25, -0.2) is 9.59 Å². The van der Waals surface area contributed by atoms with Crippen LogP contribution in [0.5, 0.6) is 0 Å². The number of carbonyl (C=O) groups excluding carboxylic acids is 2. The van der Waals surface area contributed by atoms with Gasteiger partial charge in [0.25, 0.3) is 9.04 Å². The third kappa shape index (κ3) is 7.54. The molecule has 116 valence electrons. The standard InChI is InChI=1S/C12H26N2O4Si2/c1-11(2,3)20(12(4,5)6)18-10(16)14-13-9(15)17-19(7)8/h19-20H,1-8H3. The number of hydrogen-bond donors (Lipinski definition) is 0. The van der Waals surface area contributed by atoms with Crippen molar-refractivity contribution in [1.29, 1.82) is 0 Å². The second-order valence-electron chi connectivity index (χ2n) is 7.13. The van der Waals surface area contributed by atoms with Crippen LogP contribution in [-0.2, 0) is 8.85 Å². The van der Waals surface area contributed by atoms with E-state index in [1.807, 2.05) is 54.6 Å². The fraction of sp³-hybridized carbons (Fsp3) is 0.833. The van der Waals surface area contributed by atoms with Gasteiger partial charge in [0.2, 0.25) is 9.04 Å². The molecule has 0 saturated heterocycles. The Morgan fingerprint density at radius 3 is 1.45 bits per heavy atom. The van der Waals surface area contributed by atoms with Crippen molar-refractivity contribution in [2.24, 2.45) is 10.2 Å². The summed E-state index contributed by atoms with van der Waals surface area (Å²) in [6.07, 6.45) is -1.64. The zero-order valence-corrected chi connectivity index (χ0v) is 16.0. The smallest absolute Gasteiger partial charge is 0.438 e. The molecule has 0 saturated carbocycles. The van der Waals surface area contributed by atoms with E-state index in [4.69, 9.17) is 8.85 Å². The van der Waals surface area contributed by atoms with Gasteiger partial charge in [-0.1, -0.05) is 51.8 Å². The maximum Gasteiger partial charge on any atom is 0.438 e. The Labute approximate surface area is 124 Å². The SMILES string of the molecule is C[SiH](C)OC(=O)N=NC(=O)O[SiH](C(C)(C)C)C(C)(C)C. The minimum atomic E-state index is -1.91. The first-order valence-corrected chi connectivity index (χ1v) is 11.1. The summed E-state index contributed by atoms with van der Waals surface area (Å²) in [5.74, 6) is 0. The molecule has 0 bridgehead atoms. The van der Waals surface area contributed by atoms with Gasteiger partial charge in [0, 0.05) is 0 Å². The summed E-state index contributed by atoms with van der Waals surface area (Å²) in [4.78, 5) is 22.9. The fourth-order valence-corrected chi connectivity index (χ4v) is 6.09. The molecule has 6 nitrogen and oxygen atoms in total. The Balaban J connectivity index is 4.72. The van der Waals surface area contributed by atoms with E-state index in [0.717, 1.165) is 0 Å². The number of amides is 2. The van der Waals surface area contributed by atoms with Gasteiger partial charge in [-0.3, -0.25) is 0 Å². The molecule has 0 aromatic rings. The van der Waals surface area contributed by atoms with Gasteiger partial charge >= 0.3 is 12.2 Å². The summed E-state index contributed by atoms with van der Waals surface area (Å²) in [6, 6.07) is 0. The van der Waals surface area contributed by atoms with E-state index in [0.29, 0.717) is 0 Å². The summed E-state index contributed by atoms with van der Waals surface area (Å²) in [5, 5.41) is 6.31. The van der Waals surface area contributed by atoms with Crippen molar-refractivity contribution in [3.05, 3.63) is 0 Å². The second kappa shape index (κ2) is 7.12. The van der Waals surface area contributed by atoms with Crippen LogP contribution in [0, 0.1) is 0 Å². The zero-order valence-electron chi connectivity index (χ0n) is 13.7. The molecule has 0 aromatic heterocycles. The first kappa shape index (κ1) is 19.0. The van der Waals surface area contributed by atoms with Gasteiger partial charge in [0.1, 0.15) is 0 Å². The Morgan fingerprint density at radius 2 is 1.15 bits per heavy atom. The molecule has 0 spiro atoms. The van der Waals surface area contributed by atoms with E-state index < -0.39 is 30.3 Å². The van der Waals surface area contributed by atoms with Crippen molar-refractivity contribution in [3.8, 4) is 0 Å². The normalized spacial score (nSPS) is 13.1. The molecule has 0 N–H and O–H groups in total. The lowest BCUT2D eigenvalue weighted by atomic mass is 10.2. The highest BCUT2D eigenvalue weighted by atomic mass is 28.3. The summed E-state index contributed by atoms with van der Waals surface area (Å²) in [5.41, 5.74) is 0. The maximum atomic E-state index is 11.7. The Kier molecular flexibility index (Phi) is 6.75. The third-order valence-electron chi connectivity index (χ3n) is 2.34. The van der Waals surface area contributed by atoms with Crippen LogP contribution >= 0.6 is 0 Å². The van der Waals surface area contributed by atoms with Crippen LogP contribution in [0.4, 0.5) is 9.59 Å². The molecule has 0 aliphatic carbocycles. The van der Waals surface area contributed by atoms with Crippen molar-refractivity contribution in [2.75, 3.05) is 0 Å². The maximum absolute atomic E-state index is 11.7. The Bertz CT molecular complexity index is 370. The molecular weight excluding hydrogens is 292 g/mol. The van der Waals surface area contributed by atoms with Crippen LogP contribution in [0.25, 0.3) is 0 Å². The molecule has 0 aromatic carbocycles. The third-order valence-corrected chi connectivity index (χ3v) is 6.60. The van der Waals surface area contributed by atoms with Gasteiger partial charge in [-0.2, -0.15) is 0 Å². The highest BCUT2D eigenvalue weighted by Gasteiger charge is 2.41. The summed E-state index contributed by atoms with van der Waals surface area (Å²) >= 11 is 0. The number of azo groups is 1. The van der Waals surface area contributed by atoms with Crippen molar-refractivity contribution in [3.63, 3.8) is 0 Å². The largest absolute Gasteiger partial charge is 0.504 e.